The van der Waals surface area contributed by atoms with Crippen LogP contribution in [0.1, 0.15) is 0 Å². The summed E-state index contributed by atoms with van der Waals surface area (Å²) in [5, 5.41) is 4.35. The maximum atomic E-state index is 6.48. The van der Waals surface area contributed by atoms with Crippen LogP contribution >= 0.6 is 0 Å². The summed E-state index contributed by atoms with van der Waals surface area (Å²) >= 11 is 0. The van der Waals surface area contributed by atoms with Gasteiger partial charge in [0.05, 0.1) is 11.0 Å². The Morgan fingerprint density at radius 1 is 0.383 bits per heavy atom. The molecule has 60 heavy (non-hydrogen) atoms. The number of para-hydroxylation sites is 3. The Balaban J connectivity index is 1.09. The molecule has 0 aliphatic heterocycles. The van der Waals surface area contributed by atoms with Gasteiger partial charge in [-0.05, 0) is 107 Å². The highest BCUT2D eigenvalue weighted by molar-refractivity contribution is 6.16. The van der Waals surface area contributed by atoms with Crippen molar-refractivity contribution in [1.29, 1.82) is 0 Å². The summed E-state index contributed by atoms with van der Waals surface area (Å²) in [5.41, 5.74) is 15.2. The highest BCUT2D eigenvalue weighted by Crippen LogP contribution is 2.44. The van der Waals surface area contributed by atoms with Gasteiger partial charge in [0.25, 0.3) is 0 Å². The fourth-order valence-electron chi connectivity index (χ4n) is 8.81. The number of benzene rings is 9. The third kappa shape index (κ3) is 5.59. The van der Waals surface area contributed by atoms with Gasteiger partial charge in [0.2, 0.25) is 5.89 Å². The predicted molar refractivity (Wildman–Crippen MR) is 247 cm³/mol. The normalized spacial score (nSPS) is 11.7. The number of hydrogen-bond donors (Lipinski definition) is 0. The Bertz CT molecular complexity index is 3490. The van der Waals surface area contributed by atoms with Crippen molar-refractivity contribution in [3.63, 3.8) is 0 Å². The standard InChI is InChI=1S/C55H35N3O2/c1-3-12-36(13-4-1)38-22-26-40(27-23-38)57(43-30-32-45-44-16-7-9-20-51(44)59-53(45)35-43)42-31-33-49-47(34-42)54-46(55-56-48-18-8-10-21-52(48)60-55)17-11-19-50(54)58(49)41-28-24-39(25-29-41)37-14-5-2-6-15-37/h1-35H. The van der Waals surface area contributed by atoms with Gasteiger partial charge in [0.1, 0.15) is 16.7 Å². The molecule has 12 rings (SSSR count). The van der Waals surface area contributed by atoms with Crippen LogP contribution in [-0.2, 0) is 0 Å². The van der Waals surface area contributed by atoms with Crippen molar-refractivity contribution in [2.24, 2.45) is 0 Å². The first kappa shape index (κ1) is 33.9. The van der Waals surface area contributed by atoms with Gasteiger partial charge >= 0.3 is 0 Å². The minimum absolute atomic E-state index is 0.592. The molecule has 0 atom stereocenters. The summed E-state index contributed by atoms with van der Waals surface area (Å²) < 4.78 is 15.3. The minimum Gasteiger partial charge on any atom is -0.456 e. The molecular formula is C55H35N3O2. The van der Waals surface area contributed by atoms with Crippen molar-refractivity contribution in [1.82, 2.24) is 9.55 Å². The van der Waals surface area contributed by atoms with Crippen LogP contribution in [0.15, 0.2) is 221 Å². The van der Waals surface area contributed by atoms with Crippen molar-refractivity contribution in [2.75, 3.05) is 4.90 Å². The Kier molecular flexibility index (Phi) is 7.78. The van der Waals surface area contributed by atoms with E-state index in [1.54, 1.807) is 0 Å². The third-order valence-electron chi connectivity index (χ3n) is 11.6. The van der Waals surface area contributed by atoms with E-state index in [0.29, 0.717) is 5.89 Å². The minimum atomic E-state index is 0.592. The molecule has 3 heterocycles. The second-order valence-corrected chi connectivity index (χ2v) is 15.2. The van der Waals surface area contributed by atoms with Crippen molar-refractivity contribution >= 4 is 71.9 Å². The first-order chi connectivity index (χ1) is 29.7. The molecule has 12 aromatic rings. The first-order valence-electron chi connectivity index (χ1n) is 20.2. The largest absolute Gasteiger partial charge is 0.456 e. The molecular weight excluding hydrogens is 735 g/mol. The molecule has 0 fully saturated rings. The van der Waals surface area contributed by atoms with E-state index >= 15 is 0 Å². The maximum Gasteiger partial charge on any atom is 0.228 e. The topological polar surface area (TPSA) is 47.3 Å². The quantitative estimate of drug-likeness (QED) is 0.162. The number of aromatic nitrogens is 2. The fraction of sp³-hybridized carbons (Fsp3) is 0. The zero-order valence-electron chi connectivity index (χ0n) is 32.4. The van der Waals surface area contributed by atoms with Gasteiger partial charge in [-0.1, -0.05) is 121 Å². The van der Waals surface area contributed by atoms with Crippen molar-refractivity contribution < 1.29 is 8.83 Å². The summed E-state index contributed by atoms with van der Waals surface area (Å²) in [5.74, 6) is 0.592. The SMILES string of the molecule is c1ccc(-c2ccc(N(c3ccc4c(c3)oc3ccccc34)c3ccc4c(c3)c3c(-c5nc6ccccc6o5)cccc3n4-c3ccc(-c4ccccc4)cc3)cc2)cc1. The lowest BCUT2D eigenvalue weighted by atomic mass is 10.0. The molecule has 0 bridgehead atoms. The molecule has 0 aliphatic rings. The third-order valence-corrected chi connectivity index (χ3v) is 11.6. The van der Waals surface area contributed by atoms with Crippen molar-refractivity contribution in [3.8, 4) is 39.4 Å². The zero-order chi connectivity index (χ0) is 39.6. The maximum absolute atomic E-state index is 6.48. The highest BCUT2D eigenvalue weighted by atomic mass is 16.3. The molecule has 0 N–H and O–H groups in total. The number of nitrogens with zero attached hydrogens (tertiary/aromatic N) is 3. The van der Waals surface area contributed by atoms with E-state index in [2.05, 4.69) is 185 Å². The van der Waals surface area contributed by atoms with Gasteiger partial charge < -0.3 is 18.3 Å². The molecule has 0 saturated heterocycles. The van der Waals surface area contributed by atoms with Gasteiger partial charge in [-0.15, -0.1) is 0 Å². The van der Waals surface area contributed by atoms with Gasteiger partial charge in [-0.25, -0.2) is 4.98 Å². The van der Waals surface area contributed by atoms with Crippen LogP contribution in [0.25, 0.3) is 94.2 Å². The van der Waals surface area contributed by atoms with E-state index in [1.165, 1.54) is 16.7 Å². The van der Waals surface area contributed by atoms with Crippen molar-refractivity contribution in [3.05, 3.63) is 212 Å². The smallest absolute Gasteiger partial charge is 0.228 e. The monoisotopic (exact) mass is 769 g/mol. The molecule has 0 radical (unpaired) electrons. The van der Waals surface area contributed by atoms with Gasteiger partial charge in [0.15, 0.2) is 5.58 Å². The van der Waals surface area contributed by atoms with E-state index in [0.717, 1.165) is 88.7 Å². The summed E-state index contributed by atoms with van der Waals surface area (Å²) in [6.07, 6.45) is 0. The van der Waals surface area contributed by atoms with Gasteiger partial charge in [0, 0.05) is 55.9 Å². The second-order valence-electron chi connectivity index (χ2n) is 15.2. The lowest BCUT2D eigenvalue weighted by molar-refractivity contribution is 0.620. The lowest BCUT2D eigenvalue weighted by Crippen LogP contribution is -2.09. The number of oxazole rings is 1. The van der Waals surface area contributed by atoms with Crippen LogP contribution in [0.5, 0.6) is 0 Å². The Morgan fingerprint density at radius 2 is 0.983 bits per heavy atom. The Morgan fingerprint density at radius 3 is 1.73 bits per heavy atom. The molecule has 3 aromatic heterocycles. The van der Waals surface area contributed by atoms with Crippen LogP contribution in [0, 0.1) is 0 Å². The molecule has 0 amide bonds. The molecule has 0 aliphatic carbocycles. The number of anilines is 3. The number of hydrogen-bond acceptors (Lipinski definition) is 4. The van der Waals surface area contributed by atoms with Crippen LogP contribution in [0.4, 0.5) is 17.1 Å². The average molecular weight is 770 g/mol. The van der Waals surface area contributed by atoms with Crippen LogP contribution in [0.2, 0.25) is 0 Å². The Labute approximate surface area is 345 Å². The van der Waals surface area contributed by atoms with E-state index in [4.69, 9.17) is 13.8 Å². The summed E-state index contributed by atoms with van der Waals surface area (Å²) in [7, 11) is 0. The number of rotatable bonds is 7. The summed E-state index contributed by atoms with van der Waals surface area (Å²) in [4.78, 5) is 7.32. The first-order valence-corrected chi connectivity index (χ1v) is 20.2. The van der Waals surface area contributed by atoms with Gasteiger partial charge in [-0.3, -0.25) is 0 Å². The van der Waals surface area contributed by atoms with E-state index < -0.39 is 0 Å². The van der Waals surface area contributed by atoms with Crippen LogP contribution < -0.4 is 4.90 Å². The van der Waals surface area contributed by atoms with Gasteiger partial charge in [-0.2, -0.15) is 0 Å². The summed E-state index contributed by atoms with van der Waals surface area (Å²) in [6, 6.07) is 74.6. The van der Waals surface area contributed by atoms with Crippen LogP contribution in [0.3, 0.4) is 0 Å². The molecule has 5 nitrogen and oxygen atoms in total. The van der Waals surface area contributed by atoms with Crippen LogP contribution in [-0.4, -0.2) is 9.55 Å². The molecule has 0 saturated carbocycles. The highest BCUT2D eigenvalue weighted by Gasteiger charge is 2.22. The van der Waals surface area contributed by atoms with E-state index in [9.17, 15) is 0 Å². The molecule has 0 unspecified atom stereocenters. The lowest BCUT2D eigenvalue weighted by Gasteiger charge is -2.26. The molecule has 282 valence electrons. The molecule has 5 heteroatoms. The molecule has 0 spiro atoms. The fourth-order valence-corrected chi connectivity index (χ4v) is 8.81. The Hall–Kier alpha value is -8.15. The van der Waals surface area contributed by atoms with Crippen molar-refractivity contribution in [2.45, 2.75) is 0 Å². The number of fused-ring (bicyclic) bond motifs is 7. The zero-order valence-corrected chi connectivity index (χ0v) is 32.4. The second kappa shape index (κ2) is 13.8. The number of furan rings is 1. The van der Waals surface area contributed by atoms with E-state index in [1.807, 2.05) is 36.4 Å². The predicted octanol–water partition coefficient (Wildman–Crippen LogP) is 15.3. The van der Waals surface area contributed by atoms with E-state index in [-0.39, 0.29) is 0 Å². The summed E-state index contributed by atoms with van der Waals surface area (Å²) in [6.45, 7) is 0. The molecule has 9 aromatic carbocycles. The average Bonchev–Trinajstić information content (AvgIpc) is 4.02.